The molecule has 5 nitrogen and oxygen atoms in total. The van der Waals surface area contributed by atoms with E-state index in [0.29, 0.717) is 11.9 Å². The molecule has 21 heavy (non-hydrogen) atoms. The SMILES string of the molecule is CCn1nc(C)c2nc(CCCl)n(C(C)CCN(C)C)c21. The van der Waals surface area contributed by atoms with Crippen molar-refractivity contribution in [3.63, 3.8) is 0 Å². The molecule has 0 spiro atoms. The van der Waals surface area contributed by atoms with Crippen molar-refractivity contribution in [3.05, 3.63) is 11.5 Å². The first-order valence-electron chi connectivity index (χ1n) is 7.64. The van der Waals surface area contributed by atoms with E-state index in [9.17, 15) is 0 Å². The highest BCUT2D eigenvalue weighted by Crippen LogP contribution is 2.26. The van der Waals surface area contributed by atoms with Gasteiger partial charge in [0, 0.05) is 24.9 Å². The zero-order valence-corrected chi connectivity index (χ0v) is 14.5. The van der Waals surface area contributed by atoms with Crippen LogP contribution in [0.5, 0.6) is 0 Å². The van der Waals surface area contributed by atoms with Gasteiger partial charge in [-0.05, 0) is 47.8 Å². The van der Waals surface area contributed by atoms with E-state index in [-0.39, 0.29) is 0 Å². The smallest absolute Gasteiger partial charge is 0.159 e. The van der Waals surface area contributed by atoms with Gasteiger partial charge >= 0.3 is 0 Å². The van der Waals surface area contributed by atoms with Crippen LogP contribution in [0.1, 0.15) is 37.8 Å². The van der Waals surface area contributed by atoms with Gasteiger partial charge in [0.25, 0.3) is 0 Å². The standard InChI is InChI=1S/C15H26ClN5/c1-6-20-15-14(12(3)18-20)17-13(7-9-16)21(15)11(2)8-10-19(4)5/h11H,6-10H2,1-5H3. The van der Waals surface area contributed by atoms with E-state index in [4.69, 9.17) is 16.6 Å². The van der Waals surface area contributed by atoms with Crippen LogP contribution in [0.4, 0.5) is 0 Å². The number of hydrogen-bond acceptors (Lipinski definition) is 3. The summed E-state index contributed by atoms with van der Waals surface area (Å²) in [5, 5.41) is 4.60. The molecular formula is C15H26ClN5. The highest BCUT2D eigenvalue weighted by atomic mass is 35.5. The Morgan fingerprint density at radius 3 is 2.62 bits per heavy atom. The van der Waals surface area contributed by atoms with Gasteiger partial charge in [0.15, 0.2) is 5.65 Å². The molecule has 0 amide bonds. The molecule has 6 heteroatoms. The van der Waals surface area contributed by atoms with E-state index >= 15 is 0 Å². The Balaban J connectivity index is 2.48. The Labute approximate surface area is 131 Å². The highest BCUT2D eigenvalue weighted by Gasteiger charge is 2.21. The van der Waals surface area contributed by atoms with Crippen LogP contribution < -0.4 is 0 Å². The number of aryl methyl sites for hydroxylation is 3. The Morgan fingerprint density at radius 1 is 1.33 bits per heavy atom. The number of hydrogen-bond donors (Lipinski definition) is 0. The Hall–Kier alpha value is -1.07. The predicted molar refractivity (Wildman–Crippen MR) is 88.2 cm³/mol. The summed E-state index contributed by atoms with van der Waals surface area (Å²) in [5.74, 6) is 1.67. The number of rotatable bonds is 7. The van der Waals surface area contributed by atoms with Gasteiger partial charge in [-0.2, -0.15) is 5.10 Å². The molecule has 0 N–H and O–H groups in total. The van der Waals surface area contributed by atoms with Crippen molar-refractivity contribution in [2.75, 3.05) is 26.5 Å². The van der Waals surface area contributed by atoms with Crippen LogP contribution >= 0.6 is 11.6 Å². The van der Waals surface area contributed by atoms with E-state index in [0.717, 1.165) is 48.6 Å². The minimum absolute atomic E-state index is 0.386. The summed E-state index contributed by atoms with van der Waals surface area (Å²) in [6.45, 7) is 8.32. The molecule has 0 aliphatic heterocycles. The van der Waals surface area contributed by atoms with Gasteiger partial charge in [-0.15, -0.1) is 11.6 Å². The fourth-order valence-corrected chi connectivity index (χ4v) is 2.92. The molecule has 1 atom stereocenters. The average Bonchev–Trinajstić information content (AvgIpc) is 2.94. The van der Waals surface area contributed by atoms with Crippen LogP contribution in [-0.2, 0) is 13.0 Å². The summed E-state index contributed by atoms with van der Waals surface area (Å²) in [6, 6.07) is 0.386. The topological polar surface area (TPSA) is 38.9 Å². The van der Waals surface area contributed by atoms with E-state index < -0.39 is 0 Å². The Kier molecular flexibility index (Phi) is 5.27. The summed E-state index contributed by atoms with van der Waals surface area (Å²) in [7, 11) is 4.21. The van der Waals surface area contributed by atoms with Crippen LogP contribution in [0.25, 0.3) is 11.2 Å². The van der Waals surface area contributed by atoms with Crippen molar-refractivity contribution in [3.8, 4) is 0 Å². The van der Waals surface area contributed by atoms with Gasteiger partial charge in [-0.25, -0.2) is 9.67 Å². The summed E-state index contributed by atoms with van der Waals surface area (Å²) in [4.78, 5) is 7.02. The van der Waals surface area contributed by atoms with Gasteiger partial charge in [0.05, 0.1) is 5.69 Å². The maximum atomic E-state index is 5.96. The third-order valence-electron chi connectivity index (χ3n) is 3.87. The van der Waals surface area contributed by atoms with Crippen molar-refractivity contribution >= 4 is 22.8 Å². The molecule has 1 unspecified atom stereocenters. The summed E-state index contributed by atoms with van der Waals surface area (Å²) >= 11 is 5.96. The quantitative estimate of drug-likeness (QED) is 0.738. The van der Waals surface area contributed by atoms with Gasteiger partial charge in [-0.1, -0.05) is 0 Å². The number of fused-ring (bicyclic) bond motifs is 1. The molecule has 0 aliphatic rings. The van der Waals surface area contributed by atoms with Crippen LogP contribution in [0.2, 0.25) is 0 Å². The average molecular weight is 312 g/mol. The molecule has 0 fully saturated rings. The maximum absolute atomic E-state index is 5.96. The summed E-state index contributed by atoms with van der Waals surface area (Å²) in [5.41, 5.74) is 3.16. The number of nitrogens with zero attached hydrogens (tertiary/aromatic N) is 5. The second-order valence-corrected chi connectivity index (χ2v) is 6.23. The molecule has 0 saturated heterocycles. The molecule has 118 valence electrons. The van der Waals surface area contributed by atoms with Crippen molar-refractivity contribution in [1.82, 2.24) is 24.2 Å². The lowest BCUT2D eigenvalue weighted by molar-refractivity contribution is 0.356. The summed E-state index contributed by atoms with van der Waals surface area (Å²) in [6.07, 6.45) is 1.88. The third-order valence-corrected chi connectivity index (χ3v) is 4.06. The number of aromatic nitrogens is 4. The lowest BCUT2D eigenvalue weighted by atomic mass is 10.2. The van der Waals surface area contributed by atoms with Crippen molar-refractivity contribution in [1.29, 1.82) is 0 Å². The fourth-order valence-electron chi connectivity index (χ4n) is 2.75. The lowest BCUT2D eigenvalue weighted by Crippen LogP contribution is -2.19. The zero-order valence-electron chi connectivity index (χ0n) is 13.7. The highest BCUT2D eigenvalue weighted by molar-refractivity contribution is 6.17. The van der Waals surface area contributed by atoms with Crippen LogP contribution in [0, 0.1) is 6.92 Å². The van der Waals surface area contributed by atoms with Crippen molar-refractivity contribution in [2.24, 2.45) is 0 Å². The largest absolute Gasteiger partial charge is 0.310 e. The van der Waals surface area contributed by atoms with Gasteiger partial charge < -0.3 is 9.47 Å². The Bertz CT molecular complexity index is 599. The minimum atomic E-state index is 0.386. The normalized spacial score (nSPS) is 13.5. The van der Waals surface area contributed by atoms with Gasteiger partial charge in [0.1, 0.15) is 11.3 Å². The number of alkyl halides is 1. The number of imidazole rings is 1. The first-order valence-corrected chi connectivity index (χ1v) is 8.17. The van der Waals surface area contributed by atoms with E-state index in [1.165, 1.54) is 0 Å². The molecule has 0 radical (unpaired) electrons. The second-order valence-electron chi connectivity index (χ2n) is 5.85. The first kappa shape index (κ1) is 16.3. The molecule has 0 aliphatic carbocycles. The predicted octanol–water partition coefficient (Wildman–Crippen LogP) is 2.86. The molecule has 2 aromatic rings. The lowest BCUT2D eigenvalue weighted by Gasteiger charge is -2.20. The summed E-state index contributed by atoms with van der Waals surface area (Å²) < 4.78 is 4.40. The van der Waals surface area contributed by atoms with E-state index in [1.807, 2.05) is 6.92 Å². The minimum Gasteiger partial charge on any atom is -0.310 e. The number of halogens is 1. The van der Waals surface area contributed by atoms with Crippen LogP contribution in [0.15, 0.2) is 0 Å². The van der Waals surface area contributed by atoms with Crippen LogP contribution in [0.3, 0.4) is 0 Å². The second kappa shape index (κ2) is 6.79. The van der Waals surface area contributed by atoms with Crippen molar-refractivity contribution < 1.29 is 0 Å². The maximum Gasteiger partial charge on any atom is 0.159 e. The Morgan fingerprint density at radius 2 is 2.05 bits per heavy atom. The van der Waals surface area contributed by atoms with E-state index in [1.54, 1.807) is 0 Å². The molecule has 2 rings (SSSR count). The third kappa shape index (κ3) is 3.24. The molecule has 0 aromatic carbocycles. The molecular weight excluding hydrogens is 286 g/mol. The fraction of sp³-hybridized carbons (Fsp3) is 0.733. The molecule has 0 saturated carbocycles. The molecule has 2 aromatic heterocycles. The van der Waals surface area contributed by atoms with Gasteiger partial charge in [0.2, 0.25) is 0 Å². The monoisotopic (exact) mass is 311 g/mol. The van der Waals surface area contributed by atoms with Crippen molar-refractivity contribution in [2.45, 2.75) is 46.2 Å². The van der Waals surface area contributed by atoms with E-state index in [2.05, 4.69) is 47.2 Å². The molecule has 0 bridgehead atoms. The zero-order chi connectivity index (χ0) is 15.6. The van der Waals surface area contributed by atoms with Gasteiger partial charge in [-0.3, -0.25) is 0 Å². The first-order chi connectivity index (χ1) is 9.99. The van der Waals surface area contributed by atoms with Crippen LogP contribution in [-0.4, -0.2) is 50.8 Å². The molecule has 2 heterocycles.